The Balaban J connectivity index is 2.09. The van der Waals surface area contributed by atoms with Gasteiger partial charge < -0.3 is 9.47 Å². The van der Waals surface area contributed by atoms with Crippen molar-refractivity contribution in [3.05, 3.63) is 35.7 Å². The molecule has 23 heavy (non-hydrogen) atoms. The molecule has 6 nitrogen and oxygen atoms in total. The first-order chi connectivity index (χ1) is 11.0. The summed E-state index contributed by atoms with van der Waals surface area (Å²) in [5.41, 5.74) is 1.94. The van der Waals surface area contributed by atoms with Gasteiger partial charge in [-0.1, -0.05) is 29.5 Å². The molecule has 0 N–H and O–H groups in total. The summed E-state index contributed by atoms with van der Waals surface area (Å²) in [6, 6.07) is 9.82. The van der Waals surface area contributed by atoms with Crippen molar-refractivity contribution in [2.24, 2.45) is 7.05 Å². The Morgan fingerprint density at radius 2 is 2.00 bits per heavy atom. The van der Waals surface area contributed by atoms with Crippen molar-refractivity contribution >= 4 is 23.4 Å². The van der Waals surface area contributed by atoms with E-state index in [1.807, 2.05) is 49.7 Å². The van der Waals surface area contributed by atoms with Gasteiger partial charge in [0.1, 0.15) is 5.82 Å². The third kappa shape index (κ3) is 4.33. The van der Waals surface area contributed by atoms with E-state index < -0.39 is 0 Å². The van der Waals surface area contributed by atoms with Gasteiger partial charge in [0.05, 0.1) is 18.2 Å². The zero-order valence-electron chi connectivity index (χ0n) is 13.5. The van der Waals surface area contributed by atoms with Crippen molar-refractivity contribution in [3.8, 4) is 6.07 Å². The van der Waals surface area contributed by atoms with Gasteiger partial charge in [-0.15, -0.1) is 10.2 Å². The van der Waals surface area contributed by atoms with Crippen LogP contribution in [0.15, 0.2) is 29.4 Å². The minimum Gasteiger partial charge on any atom is -0.311 e. The van der Waals surface area contributed by atoms with Crippen LogP contribution in [0.5, 0.6) is 0 Å². The fourth-order valence-corrected chi connectivity index (χ4v) is 2.83. The molecule has 0 fully saturated rings. The van der Waals surface area contributed by atoms with Crippen LogP contribution in [-0.4, -0.2) is 33.0 Å². The third-order valence-electron chi connectivity index (χ3n) is 3.47. The fraction of sp³-hybridized carbons (Fsp3) is 0.375. The van der Waals surface area contributed by atoms with E-state index in [1.54, 1.807) is 4.90 Å². The van der Waals surface area contributed by atoms with E-state index in [-0.39, 0.29) is 11.7 Å². The maximum atomic E-state index is 12.6. The molecule has 0 aliphatic carbocycles. The zero-order valence-corrected chi connectivity index (χ0v) is 14.3. The van der Waals surface area contributed by atoms with Crippen LogP contribution in [0, 0.1) is 25.2 Å². The molecular formula is C16H19N5OS. The van der Waals surface area contributed by atoms with Gasteiger partial charge in [0.25, 0.3) is 0 Å². The first kappa shape index (κ1) is 17.0. The van der Waals surface area contributed by atoms with E-state index in [1.165, 1.54) is 11.8 Å². The molecule has 0 aliphatic heterocycles. The van der Waals surface area contributed by atoms with Gasteiger partial charge in [0.15, 0.2) is 5.16 Å². The predicted octanol–water partition coefficient (Wildman–Crippen LogP) is 2.47. The largest absolute Gasteiger partial charge is 0.311 e. The monoisotopic (exact) mass is 329 g/mol. The first-order valence-corrected chi connectivity index (χ1v) is 8.24. The highest BCUT2D eigenvalue weighted by Gasteiger charge is 2.17. The lowest BCUT2D eigenvalue weighted by molar-refractivity contribution is -0.116. The number of carbonyl (C=O) groups excluding carboxylic acids is 1. The molecule has 1 aromatic carbocycles. The number of amides is 1. The molecule has 1 heterocycles. The third-order valence-corrected chi connectivity index (χ3v) is 4.48. The molecule has 120 valence electrons. The highest BCUT2D eigenvalue weighted by molar-refractivity contribution is 7.99. The number of rotatable bonds is 6. The van der Waals surface area contributed by atoms with Crippen LogP contribution in [0.2, 0.25) is 0 Å². The summed E-state index contributed by atoms with van der Waals surface area (Å²) in [6.45, 7) is 4.25. The Bertz CT molecular complexity index is 717. The number of nitriles is 1. The van der Waals surface area contributed by atoms with Crippen molar-refractivity contribution in [1.29, 1.82) is 5.26 Å². The van der Waals surface area contributed by atoms with E-state index in [9.17, 15) is 4.79 Å². The lowest BCUT2D eigenvalue weighted by Crippen LogP contribution is -2.33. The van der Waals surface area contributed by atoms with E-state index in [2.05, 4.69) is 16.3 Å². The summed E-state index contributed by atoms with van der Waals surface area (Å²) in [7, 11) is 1.87. The lowest BCUT2D eigenvalue weighted by Gasteiger charge is -2.21. The molecule has 2 rings (SSSR count). The summed E-state index contributed by atoms with van der Waals surface area (Å²) in [6.07, 6.45) is 0.299. The van der Waals surface area contributed by atoms with Crippen LogP contribution >= 0.6 is 11.8 Å². The maximum absolute atomic E-state index is 12.6. The smallest absolute Gasteiger partial charge is 0.237 e. The quantitative estimate of drug-likeness (QED) is 0.761. The predicted molar refractivity (Wildman–Crippen MR) is 90.2 cm³/mol. The van der Waals surface area contributed by atoms with E-state index >= 15 is 0 Å². The number of hydrogen-bond donors (Lipinski definition) is 0. The Kier molecular flexibility index (Phi) is 5.77. The van der Waals surface area contributed by atoms with Gasteiger partial charge in [0, 0.05) is 19.3 Å². The highest BCUT2D eigenvalue weighted by atomic mass is 32.2. The highest BCUT2D eigenvalue weighted by Crippen LogP contribution is 2.20. The number of aromatic nitrogens is 3. The van der Waals surface area contributed by atoms with Gasteiger partial charge in [0.2, 0.25) is 5.91 Å². The number of carbonyl (C=O) groups is 1. The summed E-state index contributed by atoms with van der Waals surface area (Å²) in [5, 5.41) is 17.6. The molecular weight excluding hydrogens is 310 g/mol. The summed E-state index contributed by atoms with van der Waals surface area (Å²) in [4.78, 5) is 14.2. The topological polar surface area (TPSA) is 74.8 Å². The van der Waals surface area contributed by atoms with Crippen molar-refractivity contribution in [3.63, 3.8) is 0 Å². The van der Waals surface area contributed by atoms with Gasteiger partial charge in [-0.2, -0.15) is 5.26 Å². The molecule has 0 radical (unpaired) electrons. The van der Waals surface area contributed by atoms with Crippen LogP contribution in [0.25, 0.3) is 0 Å². The molecule has 2 aromatic rings. The standard InChI is InChI=1S/C16H19N5OS/c1-12-5-7-14(8-6-12)21(10-4-9-17)15(22)11-23-16-19-18-13(2)20(16)3/h5-8H,4,10-11H2,1-3H3. The minimum atomic E-state index is -0.0465. The van der Waals surface area contributed by atoms with Crippen molar-refractivity contribution in [1.82, 2.24) is 14.8 Å². The molecule has 7 heteroatoms. The zero-order chi connectivity index (χ0) is 16.8. The average molecular weight is 329 g/mol. The number of hydrogen-bond acceptors (Lipinski definition) is 5. The molecule has 0 aliphatic rings. The Labute approximate surface area is 140 Å². The van der Waals surface area contributed by atoms with Crippen LogP contribution in [-0.2, 0) is 11.8 Å². The second-order valence-electron chi connectivity index (χ2n) is 5.17. The number of thioether (sulfide) groups is 1. The molecule has 1 amide bonds. The lowest BCUT2D eigenvalue weighted by atomic mass is 10.2. The van der Waals surface area contributed by atoms with Gasteiger partial charge >= 0.3 is 0 Å². The number of anilines is 1. The molecule has 0 atom stereocenters. The van der Waals surface area contributed by atoms with Crippen molar-refractivity contribution < 1.29 is 4.79 Å². The van der Waals surface area contributed by atoms with Gasteiger partial charge in [-0.25, -0.2) is 0 Å². The molecule has 0 saturated heterocycles. The van der Waals surface area contributed by atoms with E-state index in [0.717, 1.165) is 17.1 Å². The number of nitrogens with zero attached hydrogens (tertiary/aromatic N) is 5. The summed E-state index contributed by atoms with van der Waals surface area (Å²) < 4.78 is 1.85. The summed E-state index contributed by atoms with van der Waals surface area (Å²) >= 11 is 1.35. The Hall–Kier alpha value is -2.33. The van der Waals surface area contributed by atoms with E-state index in [0.29, 0.717) is 18.1 Å². The number of benzene rings is 1. The summed E-state index contributed by atoms with van der Waals surface area (Å²) in [5.74, 6) is 1.01. The fourth-order valence-electron chi connectivity index (χ4n) is 2.00. The Morgan fingerprint density at radius 1 is 1.30 bits per heavy atom. The molecule has 0 bridgehead atoms. The van der Waals surface area contributed by atoms with E-state index in [4.69, 9.17) is 5.26 Å². The van der Waals surface area contributed by atoms with Crippen molar-refractivity contribution in [2.75, 3.05) is 17.2 Å². The molecule has 0 spiro atoms. The Morgan fingerprint density at radius 3 is 2.57 bits per heavy atom. The minimum absolute atomic E-state index is 0.0465. The normalized spacial score (nSPS) is 10.3. The number of aryl methyl sites for hydroxylation is 2. The van der Waals surface area contributed by atoms with Crippen LogP contribution in [0.4, 0.5) is 5.69 Å². The molecule has 0 saturated carbocycles. The second kappa shape index (κ2) is 7.79. The SMILES string of the molecule is Cc1ccc(N(CCC#N)C(=O)CSc2nnc(C)n2C)cc1. The molecule has 1 aromatic heterocycles. The maximum Gasteiger partial charge on any atom is 0.237 e. The van der Waals surface area contributed by atoms with Crippen molar-refractivity contribution in [2.45, 2.75) is 25.4 Å². The molecule has 0 unspecified atom stereocenters. The average Bonchev–Trinajstić information content (AvgIpc) is 2.86. The van der Waals surface area contributed by atoms with Crippen LogP contribution < -0.4 is 4.90 Å². The van der Waals surface area contributed by atoms with Gasteiger partial charge in [-0.3, -0.25) is 4.79 Å². The van der Waals surface area contributed by atoms with Crippen LogP contribution in [0.1, 0.15) is 17.8 Å². The van der Waals surface area contributed by atoms with Crippen LogP contribution in [0.3, 0.4) is 0 Å². The first-order valence-electron chi connectivity index (χ1n) is 7.25. The second-order valence-corrected chi connectivity index (χ2v) is 6.11. The van der Waals surface area contributed by atoms with Gasteiger partial charge in [-0.05, 0) is 26.0 Å².